The van der Waals surface area contributed by atoms with Gasteiger partial charge in [-0.3, -0.25) is 5.10 Å². The normalized spacial score (nSPS) is 12.9. The predicted molar refractivity (Wildman–Crippen MR) is 65.6 cm³/mol. The van der Waals surface area contributed by atoms with Crippen LogP contribution in [-0.4, -0.2) is 45.2 Å². The minimum absolute atomic E-state index is 0.217. The first-order valence-corrected chi connectivity index (χ1v) is 6.60. The lowest BCUT2D eigenvalue weighted by Gasteiger charge is -2.15. The van der Waals surface area contributed by atoms with Gasteiger partial charge in [-0.15, -0.1) is 5.10 Å². The molecule has 1 atom stereocenters. The topological polar surface area (TPSA) is 73.8 Å². The molecule has 0 bridgehead atoms. The summed E-state index contributed by atoms with van der Waals surface area (Å²) in [6, 6.07) is 0.328. The first-order valence-electron chi connectivity index (χ1n) is 5.62. The summed E-state index contributed by atoms with van der Waals surface area (Å²) in [6.45, 7) is 5.22. The quantitative estimate of drug-likeness (QED) is 0.594. The van der Waals surface area contributed by atoms with Gasteiger partial charge >= 0.3 is 0 Å². The highest BCUT2D eigenvalue weighted by Crippen LogP contribution is 2.14. The zero-order chi connectivity index (χ0) is 11.8. The highest BCUT2D eigenvalue weighted by Gasteiger charge is 2.09. The third-order valence-corrected chi connectivity index (χ3v) is 3.16. The van der Waals surface area contributed by atoms with E-state index < -0.39 is 0 Å². The third-order valence-electron chi connectivity index (χ3n) is 2.15. The molecular weight excluding hydrogens is 224 g/mol. The molecule has 0 spiro atoms. The minimum atomic E-state index is 0.217. The van der Waals surface area contributed by atoms with E-state index in [2.05, 4.69) is 27.4 Å². The maximum absolute atomic E-state index is 8.95. The Morgan fingerprint density at radius 2 is 2.38 bits per heavy atom. The van der Waals surface area contributed by atoms with E-state index >= 15 is 0 Å². The Labute approximate surface area is 100 Å². The maximum atomic E-state index is 8.95. The molecule has 1 heterocycles. The van der Waals surface area contributed by atoms with Crippen molar-refractivity contribution in [3.05, 3.63) is 5.82 Å². The van der Waals surface area contributed by atoms with Crippen molar-refractivity contribution in [3.8, 4) is 0 Å². The molecule has 0 amide bonds. The summed E-state index contributed by atoms with van der Waals surface area (Å²) in [4.78, 5) is 4.23. The van der Waals surface area contributed by atoms with Gasteiger partial charge < -0.3 is 10.4 Å². The van der Waals surface area contributed by atoms with Gasteiger partial charge in [0, 0.05) is 18.4 Å². The van der Waals surface area contributed by atoms with Gasteiger partial charge in [0.15, 0.2) is 0 Å². The molecule has 1 aromatic heterocycles. The van der Waals surface area contributed by atoms with Crippen molar-refractivity contribution in [1.29, 1.82) is 0 Å². The Morgan fingerprint density at radius 3 is 2.94 bits per heavy atom. The molecule has 1 unspecified atom stereocenters. The molecule has 0 aliphatic heterocycles. The Bertz CT molecular complexity index is 292. The molecule has 6 heteroatoms. The van der Waals surface area contributed by atoms with E-state index in [1.807, 2.05) is 6.92 Å². The number of aliphatic hydroxyl groups excluding tert-OH is 1. The Balaban J connectivity index is 2.30. The summed E-state index contributed by atoms with van der Waals surface area (Å²) in [6.07, 6.45) is 1.88. The molecule has 3 N–H and O–H groups in total. The average molecular weight is 244 g/mol. The zero-order valence-corrected chi connectivity index (χ0v) is 10.7. The van der Waals surface area contributed by atoms with Gasteiger partial charge in [-0.05, 0) is 26.3 Å². The lowest BCUT2D eigenvalue weighted by atomic mass is 10.2. The Morgan fingerprint density at radius 1 is 1.56 bits per heavy atom. The van der Waals surface area contributed by atoms with Gasteiger partial charge in [0.05, 0.1) is 0 Å². The number of aryl methyl sites for hydroxylation is 1. The van der Waals surface area contributed by atoms with Crippen molar-refractivity contribution >= 4 is 11.8 Å². The molecule has 0 aromatic carbocycles. The second kappa shape index (κ2) is 7.65. The number of hydrogen-bond acceptors (Lipinski definition) is 5. The van der Waals surface area contributed by atoms with E-state index in [4.69, 9.17) is 5.11 Å². The van der Waals surface area contributed by atoms with Gasteiger partial charge in [0.2, 0.25) is 5.16 Å². The number of aliphatic hydroxyl groups is 1. The fourth-order valence-electron chi connectivity index (χ4n) is 1.31. The number of hydrogen-bond donors (Lipinski definition) is 3. The highest BCUT2D eigenvalue weighted by molar-refractivity contribution is 7.99. The van der Waals surface area contributed by atoms with Crippen LogP contribution < -0.4 is 5.32 Å². The highest BCUT2D eigenvalue weighted by atomic mass is 32.2. The maximum Gasteiger partial charge on any atom is 0.208 e. The molecule has 1 aromatic rings. The second-order valence-electron chi connectivity index (χ2n) is 3.68. The molecular formula is C10H20N4OS. The SMILES string of the molecule is CCCNC(CCO)CSc1n[nH]c(C)n1. The van der Waals surface area contributed by atoms with Crippen LogP contribution in [0.4, 0.5) is 0 Å². The van der Waals surface area contributed by atoms with Gasteiger partial charge in [-0.2, -0.15) is 0 Å². The molecule has 0 radical (unpaired) electrons. The van der Waals surface area contributed by atoms with Crippen molar-refractivity contribution in [2.75, 3.05) is 18.9 Å². The van der Waals surface area contributed by atoms with Crippen LogP contribution >= 0.6 is 11.8 Å². The molecule has 0 aliphatic rings. The zero-order valence-electron chi connectivity index (χ0n) is 9.86. The summed E-state index contributed by atoms with van der Waals surface area (Å²) in [5, 5.41) is 20.0. The molecule has 1 rings (SSSR count). The Kier molecular flexibility index (Phi) is 6.44. The minimum Gasteiger partial charge on any atom is -0.396 e. The second-order valence-corrected chi connectivity index (χ2v) is 4.66. The smallest absolute Gasteiger partial charge is 0.208 e. The first-order chi connectivity index (χ1) is 7.76. The number of aromatic amines is 1. The average Bonchev–Trinajstić information content (AvgIpc) is 2.68. The van der Waals surface area contributed by atoms with E-state index in [0.29, 0.717) is 6.04 Å². The van der Waals surface area contributed by atoms with Gasteiger partial charge in [0.25, 0.3) is 0 Å². The van der Waals surface area contributed by atoms with E-state index in [-0.39, 0.29) is 6.61 Å². The molecule has 0 saturated heterocycles. The molecule has 5 nitrogen and oxygen atoms in total. The van der Waals surface area contributed by atoms with Crippen LogP contribution in [0.1, 0.15) is 25.6 Å². The number of rotatable bonds is 8. The van der Waals surface area contributed by atoms with Crippen LogP contribution in [0.2, 0.25) is 0 Å². The van der Waals surface area contributed by atoms with E-state index in [9.17, 15) is 0 Å². The molecule has 16 heavy (non-hydrogen) atoms. The molecule has 0 fully saturated rings. The number of thioether (sulfide) groups is 1. The van der Waals surface area contributed by atoms with E-state index in [1.54, 1.807) is 11.8 Å². The van der Waals surface area contributed by atoms with Gasteiger partial charge in [-0.25, -0.2) is 4.98 Å². The van der Waals surface area contributed by atoms with Crippen molar-refractivity contribution in [1.82, 2.24) is 20.5 Å². The summed E-state index contributed by atoms with van der Waals surface area (Å²) >= 11 is 1.61. The summed E-state index contributed by atoms with van der Waals surface area (Å²) in [5.74, 6) is 1.72. The van der Waals surface area contributed by atoms with Crippen molar-refractivity contribution in [2.24, 2.45) is 0 Å². The van der Waals surface area contributed by atoms with Crippen molar-refractivity contribution < 1.29 is 5.11 Å². The van der Waals surface area contributed by atoms with Crippen LogP contribution in [0.3, 0.4) is 0 Å². The number of nitrogens with one attached hydrogen (secondary N) is 2. The van der Waals surface area contributed by atoms with Crippen LogP contribution in [0, 0.1) is 6.92 Å². The first kappa shape index (κ1) is 13.5. The largest absolute Gasteiger partial charge is 0.396 e. The van der Waals surface area contributed by atoms with Crippen LogP contribution in [0.25, 0.3) is 0 Å². The number of H-pyrrole nitrogens is 1. The third kappa shape index (κ3) is 4.96. The summed E-state index contributed by atoms with van der Waals surface area (Å²) < 4.78 is 0. The fraction of sp³-hybridized carbons (Fsp3) is 0.800. The predicted octanol–water partition coefficient (Wildman–Crippen LogP) is 0.956. The summed E-state index contributed by atoms with van der Waals surface area (Å²) in [7, 11) is 0. The van der Waals surface area contributed by atoms with Gasteiger partial charge in [0.1, 0.15) is 5.82 Å². The fourth-order valence-corrected chi connectivity index (χ4v) is 2.26. The van der Waals surface area contributed by atoms with Crippen LogP contribution in [0.5, 0.6) is 0 Å². The molecule has 0 aliphatic carbocycles. The van der Waals surface area contributed by atoms with Crippen LogP contribution in [-0.2, 0) is 0 Å². The van der Waals surface area contributed by atoms with E-state index in [0.717, 1.165) is 36.1 Å². The number of aromatic nitrogens is 3. The van der Waals surface area contributed by atoms with Crippen LogP contribution in [0.15, 0.2) is 5.16 Å². The molecule has 92 valence electrons. The lowest BCUT2D eigenvalue weighted by molar-refractivity contribution is 0.270. The van der Waals surface area contributed by atoms with Gasteiger partial charge in [-0.1, -0.05) is 18.7 Å². The van der Waals surface area contributed by atoms with Crippen molar-refractivity contribution in [3.63, 3.8) is 0 Å². The Hall–Kier alpha value is -0.590. The standard InChI is InChI=1S/C10H20N4OS/c1-3-5-11-9(4-6-15)7-16-10-12-8(2)13-14-10/h9,11,15H,3-7H2,1-2H3,(H,12,13,14). The van der Waals surface area contributed by atoms with E-state index in [1.165, 1.54) is 0 Å². The summed E-state index contributed by atoms with van der Waals surface area (Å²) in [5.41, 5.74) is 0. The van der Waals surface area contributed by atoms with Crippen molar-refractivity contribution in [2.45, 2.75) is 37.9 Å². The molecule has 0 saturated carbocycles. The monoisotopic (exact) mass is 244 g/mol. The number of nitrogens with zero attached hydrogens (tertiary/aromatic N) is 2. The lowest BCUT2D eigenvalue weighted by Crippen LogP contribution is -2.32.